The van der Waals surface area contributed by atoms with E-state index in [2.05, 4.69) is 5.10 Å². The predicted molar refractivity (Wildman–Crippen MR) is 68.5 cm³/mol. The Labute approximate surface area is 108 Å². The second kappa shape index (κ2) is 4.38. The largest absolute Gasteiger partial charge is 0.345 e. The average molecular weight is 273 g/mol. The Kier molecular flexibility index (Phi) is 3.58. The molecule has 0 bridgehead atoms. The van der Waals surface area contributed by atoms with Crippen molar-refractivity contribution in [3.05, 3.63) is 11.8 Å². The van der Waals surface area contributed by atoms with Crippen LogP contribution in [0.15, 0.2) is 11.1 Å². The number of amides is 1. The first-order chi connectivity index (χ1) is 7.94. The number of hydrogen-bond acceptors (Lipinski definition) is 4. The first-order valence-corrected chi connectivity index (χ1v) is 7.36. The van der Waals surface area contributed by atoms with Crippen LogP contribution in [0, 0.1) is 0 Å². The summed E-state index contributed by atoms with van der Waals surface area (Å²) in [5.41, 5.74) is 0.246. The van der Waals surface area contributed by atoms with Crippen molar-refractivity contribution in [2.45, 2.75) is 31.2 Å². The maximum Gasteiger partial charge on any atom is 0.345 e. The number of hydrogen-bond donors (Lipinski definition) is 0. The number of sulfone groups is 1. The molecule has 0 unspecified atom stereocenters. The highest BCUT2D eigenvalue weighted by Gasteiger charge is 2.27. The maximum atomic E-state index is 11.9. The van der Waals surface area contributed by atoms with Crippen molar-refractivity contribution in [2.24, 2.45) is 0 Å². The number of carbonyl (C=O) groups excluding carboxylic acids is 1. The zero-order valence-corrected chi connectivity index (χ0v) is 12.4. The van der Waals surface area contributed by atoms with Crippen LogP contribution in [0.5, 0.6) is 0 Å². The van der Waals surface area contributed by atoms with Crippen molar-refractivity contribution in [3.63, 3.8) is 0 Å². The molecule has 7 heteroatoms. The zero-order valence-electron chi connectivity index (χ0n) is 11.6. The molecular formula is C11H19N3O3S. The van der Waals surface area contributed by atoms with Crippen molar-refractivity contribution in [3.8, 4) is 0 Å². The Morgan fingerprint density at radius 3 is 2.17 bits per heavy atom. The molecule has 1 heterocycles. The van der Waals surface area contributed by atoms with Crippen molar-refractivity contribution < 1.29 is 13.2 Å². The summed E-state index contributed by atoms with van der Waals surface area (Å²) >= 11 is 0. The van der Waals surface area contributed by atoms with Gasteiger partial charge in [-0.05, 0) is 6.07 Å². The molecule has 0 spiro atoms. The van der Waals surface area contributed by atoms with Crippen LogP contribution < -0.4 is 0 Å². The Morgan fingerprint density at radius 2 is 1.83 bits per heavy atom. The Hall–Kier alpha value is -1.37. The fraction of sp³-hybridized carbons (Fsp3) is 0.636. The van der Waals surface area contributed by atoms with Crippen LogP contribution in [-0.4, -0.2) is 49.5 Å². The molecule has 6 nitrogen and oxygen atoms in total. The lowest BCUT2D eigenvalue weighted by molar-refractivity contribution is 0.213. The minimum absolute atomic E-state index is 0.0777. The minimum Gasteiger partial charge on any atom is -0.329 e. The summed E-state index contributed by atoms with van der Waals surface area (Å²) in [7, 11) is -0.402. The summed E-state index contributed by atoms with van der Waals surface area (Å²) in [4.78, 5) is 13.2. The van der Waals surface area contributed by atoms with Crippen molar-refractivity contribution in [1.82, 2.24) is 14.7 Å². The van der Waals surface area contributed by atoms with Crippen molar-refractivity contribution in [2.75, 3.05) is 20.4 Å². The van der Waals surface area contributed by atoms with Crippen LogP contribution in [0.1, 0.15) is 26.5 Å². The van der Waals surface area contributed by atoms with Crippen LogP contribution in [0.2, 0.25) is 0 Å². The van der Waals surface area contributed by atoms with E-state index in [0.29, 0.717) is 5.69 Å². The van der Waals surface area contributed by atoms with E-state index in [1.165, 1.54) is 11.0 Å². The lowest BCUT2D eigenvalue weighted by Gasteiger charge is -2.14. The highest BCUT2D eigenvalue weighted by Crippen LogP contribution is 2.23. The fourth-order valence-corrected chi connectivity index (χ4v) is 2.08. The van der Waals surface area contributed by atoms with Gasteiger partial charge in [0.1, 0.15) is 0 Å². The molecule has 0 atom stereocenters. The first kappa shape index (κ1) is 14.7. The van der Waals surface area contributed by atoms with Gasteiger partial charge in [0, 0.05) is 25.8 Å². The van der Waals surface area contributed by atoms with Gasteiger partial charge in [-0.3, -0.25) is 0 Å². The van der Waals surface area contributed by atoms with Crippen LogP contribution in [-0.2, 0) is 15.3 Å². The van der Waals surface area contributed by atoms with Gasteiger partial charge < -0.3 is 4.90 Å². The van der Waals surface area contributed by atoms with Gasteiger partial charge in [0.15, 0.2) is 14.9 Å². The van der Waals surface area contributed by atoms with E-state index in [1.807, 2.05) is 20.8 Å². The standard InChI is InChI=1S/C11H19N3O3S/c1-11(2,3)8-7-9(18(6,16)17)14(12-8)10(15)13(4)5/h7H,1-6H3. The second-order valence-corrected chi connectivity index (χ2v) is 7.44. The lowest BCUT2D eigenvalue weighted by Crippen LogP contribution is -2.30. The first-order valence-electron chi connectivity index (χ1n) is 5.47. The van der Waals surface area contributed by atoms with Gasteiger partial charge in [0.05, 0.1) is 5.69 Å². The number of rotatable bonds is 1. The molecule has 1 aromatic rings. The smallest absolute Gasteiger partial charge is 0.329 e. The molecule has 0 radical (unpaired) electrons. The second-order valence-electron chi connectivity index (χ2n) is 5.48. The van der Waals surface area contributed by atoms with E-state index in [0.717, 1.165) is 10.9 Å². The van der Waals surface area contributed by atoms with Crippen molar-refractivity contribution in [1.29, 1.82) is 0 Å². The number of nitrogens with zero attached hydrogens (tertiary/aromatic N) is 3. The van der Waals surface area contributed by atoms with Crippen LogP contribution in [0.3, 0.4) is 0 Å². The average Bonchev–Trinajstić information content (AvgIpc) is 2.58. The van der Waals surface area contributed by atoms with Crippen LogP contribution in [0.25, 0.3) is 0 Å². The molecule has 0 aliphatic rings. The molecule has 0 saturated carbocycles. The van der Waals surface area contributed by atoms with Gasteiger partial charge in [0.2, 0.25) is 0 Å². The summed E-state index contributed by atoms with van der Waals surface area (Å²) in [5.74, 6) is 0. The summed E-state index contributed by atoms with van der Waals surface area (Å²) < 4.78 is 24.3. The molecule has 0 aromatic carbocycles. The van der Waals surface area contributed by atoms with Gasteiger partial charge in [-0.1, -0.05) is 20.8 Å². The monoisotopic (exact) mass is 273 g/mol. The SMILES string of the molecule is CN(C)C(=O)n1nc(C(C)(C)C)cc1S(C)(=O)=O. The van der Waals surface area contributed by atoms with E-state index in [-0.39, 0.29) is 10.4 Å². The molecule has 0 N–H and O–H groups in total. The van der Waals surface area contributed by atoms with E-state index in [1.54, 1.807) is 14.1 Å². The van der Waals surface area contributed by atoms with Crippen LogP contribution >= 0.6 is 0 Å². The number of carbonyl (C=O) groups is 1. The molecule has 0 saturated heterocycles. The van der Waals surface area contributed by atoms with Gasteiger partial charge in [-0.25, -0.2) is 13.2 Å². The third kappa shape index (κ3) is 2.90. The lowest BCUT2D eigenvalue weighted by atomic mass is 9.93. The third-order valence-electron chi connectivity index (χ3n) is 2.39. The maximum absolute atomic E-state index is 11.9. The van der Waals surface area contributed by atoms with Crippen molar-refractivity contribution >= 4 is 15.9 Å². The van der Waals surface area contributed by atoms with Gasteiger partial charge in [0.25, 0.3) is 0 Å². The summed E-state index contributed by atoms with van der Waals surface area (Å²) in [5, 5.41) is 4.04. The summed E-state index contributed by atoms with van der Waals surface area (Å²) in [6.45, 7) is 5.73. The Bertz CT molecular complexity index is 565. The summed E-state index contributed by atoms with van der Waals surface area (Å²) in [6.07, 6.45) is 1.07. The van der Waals surface area contributed by atoms with E-state index in [4.69, 9.17) is 0 Å². The molecule has 0 fully saturated rings. The number of aromatic nitrogens is 2. The van der Waals surface area contributed by atoms with Gasteiger partial charge in [-0.2, -0.15) is 9.78 Å². The van der Waals surface area contributed by atoms with E-state index >= 15 is 0 Å². The normalized spacial score (nSPS) is 12.6. The van der Waals surface area contributed by atoms with E-state index < -0.39 is 15.9 Å². The molecule has 102 valence electrons. The Morgan fingerprint density at radius 1 is 1.33 bits per heavy atom. The van der Waals surface area contributed by atoms with Gasteiger partial charge >= 0.3 is 6.03 Å². The van der Waals surface area contributed by atoms with Crippen LogP contribution in [0.4, 0.5) is 4.79 Å². The predicted octanol–water partition coefficient (Wildman–Crippen LogP) is 1.11. The molecular weight excluding hydrogens is 254 g/mol. The zero-order chi connectivity index (χ0) is 14.3. The highest BCUT2D eigenvalue weighted by atomic mass is 32.2. The molecule has 1 aromatic heterocycles. The molecule has 0 aliphatic heterocycles. The minimum atomic E-state index is -3.50. The molecule has 1 amide bonds. The summed E-state index contributed by atoms with van der Waals surface area (Å²) in [6, 6.07) is 0.974. The van der Waals surface area contributed by atoms with E-state index in [9.17, 15) is 13.2 Å². The van der Waals surface area contributed by atoms with Gasteiger partial charge in [-0.15, -0.1) is 0 Å². The molecule has 18 heavy (non-hydrogen) atoms. The highest BCUT2D eigenvalue weighted by molar-refractivity contribution is 7.90. The fourth-order valence-electron chi connectivity index (χ4n) is 1.32. The molecule has 0 aliphatic carbocycles. The topological polar surface area (TPSA) is 72.3 Å². The Balaban J connectivity index is 3.50. The third-order valence-corrected chi connectivity index (χ3v) is 3.44. The molecule has 1 rings (SSSR count). The quantitative estimate of drug-likeness (QED) is 0.768.